The van der Waals surface area contributed by atoms with Gasteiger partial charge in [0.05, 0.1) is 11.8 Å². The molecule has 4 rings (SSSR count). The zero-order valence-corrected chi connectivity index (χ0v) is 15.3. The quantitative estimate of drug-likeness (QED) is 0.668. The summed E-state index contributed by atoms with van der Waals surface area (Å²) < 4.78 is 43.9. The summed E-state index contributed by atoms with van der Waals surface area (Å²) in [4.78, 5) is 16.1. The topological polar surface area (TPSA) is 62.5 Å². The van der Waals surface area contributed by atoms with Gasteiger partial charge < -0.3 is 14.2 Å². The third-order valence-electron chi connectivity index (χ3n) is 4.75. The molecule has 0 unspecified atom stereocenters. The van der Waals surface area contributed by atoms with Crippen LogP contribution in [0.5, 0.6) is 0 Å². The van der Waals surface area contributed by atoms with Gasteiger partial charge in [0.2, 0.25) is 0 Å². The molecule has 0 N–H and O–H groups in total. The third-order valence-corrected chi connectivity index (χ3v) is 4.75. The van der Waals surface area contributed by atoms with E-state index in [2.05, 4.69) is 10.2 Å². The van der Waals surface area contributed by atoms with Gasteiger partial charge in [-0.15, -0.1) is 10.2 Å². The predicted octanol–water partition coefficient (Wildman–Crippen LogP) is 3.72. The molecule has 0 atom stereocenters. The highest BCUT2D eigenvalue weighted by atomic mass is 19.4. The van der Waals surface area contributed by atoms with E-state index in [-0.39, 0.29) is 5.56 Å². The molecule has 2 aromatic heterocycles. The van der Waals surface area contributed by atoms with Crippen molar-refractivity contribution in [3.8, 4) is 11.5 Å². The molecule has 0 spiro atoms. The zero-order valence-electron chi connectivity index (χ0n) is 15.3. The number of hydrogen-bond donors (Lipinski definition) is 0. The number of nitrogens with zero attached hydrogens (tertiary/aromatic N) is 4. The average Bonchev–Trinajstić information content (AvgIpc) is 3.28. The maximum absolute atomic E-state index is 12.9. The SMILES string of the molecule is O=C(c1cccc(C(F)(F)F)c1)N1CCN(c2ccc(-c3ccco3)nn2)CC1. The Morgan fingerprint density at radius 2 is 1.76 bits per heavy atom. The highest BCUT2D eigenvalue weighted by Gasteiger charge is 2.31. The molecule has 0 aliphatic carbocycles. The van der Waals surface area contributed by atoms with Crippen LogP contribution in [0.2, 0.25) is 0 Å². The van der Waals surface area contributed by atoms with Gasteiger partial charge in [0.1, 0.15) is 5.69 Å². The van der Waals surface area contributed by atoms with Crippen LogP contribution in [0.3, 0.4) is 0 Å². The number of aromatic nitrogens is 2. The second-order valence-electron chi connectivity index (χ2n) is 6.61. The molecule has 1 fully saturated rings. The van der Waals surface area contributed by atoms with Crippen LogP contribution in [-0.2, 0) is 6.18 Å². The Balaban J connectivity index is 1.40. The molecule has 3 heterocycles. The Labute approximate surface area is 164 Å². The van der Waals surface area contributed by atoms with Crippen molar-refractivity contribution in [1.82, 2.24) is 15.1 Å². The van der Waals surface area contributed by atoms with Crippen LogP contribution < -0.4 is 4.90 Å². The van der Waals surface area contributed by atoms with Crippen molar-refractivity contribution in [2.24, 2.45) is 0 Å². The number of benzene rings is 1. The van der Waals surface area contributed by atoms with Crippen molar-refractivity contribution in [2.45, 2.75) is 6.18 Å². The number of piperazine rings is 1. The molecule has 3 aromatic rings. The normalized spacial score (nSPS) is 14.9. The second-order valence-corrected chi connectivity index (χ2v) is 6.61. The molecule has 6 nitrogen and oxygen atoms in total. The maximum atomic E-state index is 12.9. The summed E-state index contributed by atoms with van der Waals surface area (Å²) in [6, 6.07) is 11.7. The lowest BCUT2D eigenvalue weighted by Gasteiger charge is -2.35. The first-order chi connectivity index (χ1) is 13.9. The summed E-state index contributed by atoms with van der Waals surface area (Å²) in [7, 11) is 0. The number of furan rings is 1. The number of anilines is 1. The first kappa shape index (κ1) is 19.0. The van der Waals surface area contributed by atoms with Gasteiger partial charge in [0.25, 0.3) is 5.91 Å². The van der Waals surface area contributed by atoms with Gasteiger partial charge in [0, 0.05) is 31.7 Å². The molecule has 150 valence electrons. The van der Waals surface area contributed by atoms with Crippen LogP contribution in [-0.4, -0.2) is 47.2 Å². The van der Waals surface area contributed by atoms with E-state index in [0.717, 1.165) is 12.1 Å². The number of rotatable bonds is 3. The van der Waals surface area contributed by atoms with Crippen molar-refractivity contribution in [3.05, 3.63) is 65.9 Å². The van der Waals surface area contributed by atoms with Crippen LogP contribution in [0.1, 0.15) is 15.9 Å². The number of carbonyl (C=O) groups excluding carboxylic acids is 1. The Morgan fingerprint density at radius 3 is 2.38 bits per heavy atom. The average molecular weight is 402 g/mol. The smallest absolute Gasteiger partial charge is 0.416 e. The minimum Gasteiger partial charge on any atom is -0.463 e. The van der Waals surface area contributed by atoms with Gasteiger partial charge in [-0.25, -0.2) is 0 Å². The molecular weight excluding hydrogens is 385 g/mol. The van der Waals surface area contributed by atoms with Gasteiger partial charge in [0.15, 0.2) is 11.6 Å². The molecule has 0 saturated carbocycles. The Hall–Kier alpha value is -3.36. The lowest BCUT2D eigenvalue weighted by atomic mass is 10.1. The number of halogens is 3. The van der Waals surface area contributed by atoms with Gasteiger partial charge in [-0.2, -0.15) is 13.2 Å². The third kappa shape index (κ3) is 4.08. The van der Waals surface area contributed by atoms with Crippen molar-refractivity contribution < 1.29 is 22.4 Å². The number of alkyl halides is 3. The molecule has 9 heteroatoms. The number of carbonyl (C=O) groups is 1. The Kier molecular flexibility index (Phi) is 4.96. The number of hydrogen-bond acceptors (Lipinski definition) is 5. The van der Waals surface area contributed by atoms with E-state index >= 15 is 0 Å². The summed E-state index contributed by atoms with van der Waals surface area (Å²) in [5, 5.41) is 8.37. The maximum Gasteiger partial charge on any atom is 0.416 e. The van der Waals surface area contributed by atoms with Crippen molar-refractivity contribution in [3.63, 3.8) is 0 Å². The summed E-state index contributed by atoms with van der Waals surface area (Å²) in [6.07, 6.45) is -2.92. The predicted molar refractivity (Wildman–Crippen MR) is 99.3 cm³/mol. The summed E-state index contributed by atoms with van der Waals surface area (Å²) in [6.45, 7) is 1.80. The van der Waals surface area contributed by atoms with Crippen molar-refractivity contribution in [1.29, 1.82) is 0 Å². The Morgan fingerprint density at radius 1 is 0.966 bits per heavy atom. The molecule has 0 radical (unpaired) electrons. The molecule has 29 heavy (non-hydrogen) atoms. The van der Waals surface area contributed by atoms with Crippen LogP contribution in [0, 0.1) is 0 Å². The summed E-state index contributed by atoms with van der Waals surface area (Å²) in [5.41, 5.74) is -0.165. The second kappa shape index (κ2) is 7.57. The molecule has 1 aliphatic heterocycles. The fourth-order valence-electron chi connectivity index (χ4n) is 3.20. The lowest BCUT2D eigenvalue weighted by molar-refractivity contribution is -0.137. The van der Waals surface area contributed by atoms with Crippen LogP contribution in [0.15, 0.2) is 59.2 Å². The van der Waals surface area contributed by atoms with Gasteiger partial charge >= 0.3 is 6.18 Å². The van der Waals surface area contributed by atoms with Crippen LogP contribution in [0.25, 0.3) is 11.5 Å². The highest BCUT2D eigenvalue weighted by molar-refractivity contribution is 5.94. The van der Waals surface area contributed by atoms with E-state index in [1.807, 2.05) is 11.0 Å². The fourth-order valence-corrected chi connectivity index (χ4v) is 3.20. The van der Waals surface area contributed by atoms with E-state index in [1.54, 1.807) is 29.4 Å². The zero-order chi connectivity index (χ0) is 20.4. The van der Waals surface area contributed by atoms with Crippen molar-refractivity contribution >= 4 is 11.7 Å². The first-order valence-electron chi connectivity index (χ1n) is 9.01. The molecule has 1 aliphatic rings. The molecule has 1 amide bonds. The first-order valence-corrected chi connectivity index (χ1v) is 9.01. The van der Waals surface area contributed by atoms with Crippen molar-refractivity contribution in [2.75, 3.05) is 31.1 Å². The fraction of sp³-hybridized carbons (Fsp3) is 0.250. The minimum atomic E-state index is -4.48. The van der Waals surface area contributed by atoms with Gasteiger partial charge in [-0.1, -0.05) is 6.07 Å². The molecule has 1 aromatic carbocycles. The minimum absolute atomic E-state index is 0.0378. The molecular formula is C20H17F3N4O2. The Bertz CT molecular complexity index is 980. The number of amides is 1. The van der Waals surface area contributed by atoms with Crippen LogP contribution in [0.4, 0.5) is 19.0 Å². The monoisotopic (exact) mass is 402 g/mol. The van der Waals surface area contributed by atoms with Gasteiger partial charge in [-0.3, -0.25) is 4.79 Å². The lowest BCUT2D eigenvalue weighted by Crippen LogP contribution is -2.49. The molecule has 1 saturated heterocycles. The largest absolute Gasteiger partial charge is 0.463 e. The van der Waals surface area contributed by atoms with E-state index < -0.39 is 17.6 Å². The highest BCUT2D eigenvalue weighted by Crippen LogP contribution is 2.30. The standard InChI is InChI=1S/C20H17F3N4O2/c21-20(22,23)15-4-1-3-14(13-15)19(28)27-10-8-26(9-11-27)18-7-6-16(24-25-18)17-5-2-12-29-17/h1-7,12-13H,8-11H2. The van der Waals surface area contributed by atoms with E-state index in [1.165, 1.54) is 12.1 Å². The van der Waals surface area contributed by atoms with E-state index in [0.29, 0.717) is 43.5 Å². The van der Waals surface area contributed by atoms with E-state index in [4.69, 9.17) is 4.42 Å². The van der Waals surface area contributed by atoms with E-state index in [9.17, 15) is 18.0 Å². The summed E-state index contributed by atoms with van der Waals surface area (Å²) >= 11 is 0. The summed E-state index contributed by atoms with van der Waals surface area (Å²) in [5.74, 6) is 0.891. The molecule has 0 bridgehead atoms. The van der Waals surface area contributed by atoms with Crippen LogP contribution >= 0.6 is 0 Å². The van der Waals surface area contributed by atoms with Gasteiger partial charge in [-0.05, 0) is 42.5 Å².